The van der Waals surface area contributed by atoms with E-state index in [1.165, 1.54) is 21.7 Å². The highest BCUT2D eigenvalue weighted by Crippen LogP contribution is 2.35. The SMILES string of the molecule is CCC(C)C(=O)OC1CCC(C(=O)OC(C)(C)c2ccc3c(ccc4cccc(C)c43)c2)CC1. The van der Waals surface area contributed by atoms with Gasteiger partial charge in [-0.3, -0.25) is 9.59 Å². The van der Waals surface area contributed by atoms with Crippen molar-refractivity contribution in [2.24, 2.45) is 11.8 Å². The topological polar surface area (TPSA) is 52.6 Å². The first-order valence-corrected chi connectivity index (χ1v) is 12.6. The summed E-state index contributed by atoms with van der Waals surface area (Å²) in [5, 5.41) is 4.86. The molecule has 34 heavy (non-hydrogen) atoms. The maximum atomic E-state index is 13.0. The Morgan fingerprint density at radius 2 is 1.71 bits per heavy atom. The lowest BCUT2D eigenvalue weighted by Gasteiger charge is -2.32. The fourth-order valence-electron chi connectivity index (χ4n) is 4.94. The molecule has 0 saturated heterocycles. The van der Waals surface area contributed by atoms with Crippen LogP contribution in [0.5, 0.6) is 0 Å². The summed E-state index contributed by atoms with van der Waals surface area (Å²) in [5.74, 6) is -0.516. The number of benzene rings is 3. The molecule has 1 unspecified atom stereocenters. The van der Waals surface area contributed by atoms with Gasteiger partial charge >= 0.3 is 11.9 Å². The fraction of sp³-hybridized carbons (Fsp3) is 0.467. The van der Waals surface area contributed by atoms with E-state index in [1.807, 2.05) is 27.7 Å². The summed E-state index contributed by atoms with van der Waals surface area (Å²) in [5.41, 5.74) is 1.51. The van der Waals surface area contributed by atoms with Crippen molar-refractivity contribution in [2.45, 2.75) is 78.4 Å². The molecule has 1 aliphatic carbocycles. The van der Waals surface area contributed by atoms with E-state index in [4.69, 9.17) is 9.47 Å². The van der Waals surface area contributed by atoms with Crippen molar-refractivity contribution in [2.75, 3.05) is 0 Å². The molecule has 1 fully saturated rings. The number of rotatable bonds is 6. The van der Waals surface area contributed by atoms with Crippen LogP contribution in [0.4, 0.5) is 0 Å². The van der Waals surface area contributed by atoms with Gasteiger partial charge in [0, 0.05) is 0 Å². The number of aryl methyl sites for hydroxylation is 1. The molecule has 3 aromatic rings. The predicted molar refractivity (Wildman–Crippen MR) is 137 cm³/mol. The van der Waals surface area contributed by atoms with Crippen LogP contribution in [0.25, 0.3) is 21.5 Å². The first kappa shape index (κ1) is 24.3. The molecule has 0 heterocycles. The molecule has 1 aliphatic rings. The number of carbonyl (C=O) groups is 2. The van der Waals surface area contributed by atoms with Crippen molar-refractivity contribution >= 4 is 33.5 Å². The molecule has 4 heteroatoms. The highest BCUT2D eigenvalue weighted by Gasteiger charge is 2.34. The monoisotopic (exact) mass is 460 g/mol. The highest BCUT2D eigenvalue weighted by molar-refractivity contribution is 6.09. The molecule has 4 rings (SSSR count). The number of fused-ring (bicyclic) bond motifs is 3. The van der Waals surface area contributed by atoms with Crippen LogP contribution in [0.1, 0.15) is 70.9 Å². The minimum absolute atomic E-state index is 0.0765. The molecule has 0 N–H and O–H groups in total. The summed E-state index contributed by atoms with van der Waals surface area (Å²) in [4.78, 5) is 25.1. The van der Waals surface area contributed by atoms with Gasteiger partial charge in [-0.2, -0.15) is 0 Å². The molecular weight excluding hydrogens is 424 g/mol. The van der Waals surface area contributed by atoms with Crippen LogP contribution < -0.4 is 0 Å². The molecule has 1 atom stereocenters. The summed E-state index contributed by atoms with van der Waals surface area (Å²) >= 11 is 0. The van der Waals surface area contributed by atoms with Gasteiger partial charge < -0.3 is 9.47 Å². The van der Waals surface area contributed by atoms with E-state index in [9.17, 15) is 9.59 Å². The fourth-order valence-corrected chi connectivity index (χ4v) is 4.94. The minimum atomic E-state index is -0.730. The minimum Gasteiger partial charge on any atom is -0.462 e. The number of hydrogen-bond acceptors (Lipinski definition) is 4. The van der Waals surface area contributed by atoms with Gasteiger partial charge in [0.05, 0.1) is 11.8 Å². The van der Waals surface area contributed by atoms with Crippen LogP contribution in [-0.4, -0.2) is 18.0 Å². The highest BCUT2D eigenvalue weighted by atomic mass is 16.6. The van der Waals surface area contributed by atoms with Gasteiger partial charge in [0.15, 0.2) is 0 Å². The van der Waals surface area contributed by atoms with Crippen LogP contribution >= 0.6 is 0 Å². The molecule has 4 nitrogen and oxygen atoms in total. The van der Waals surface area contributed by atoms with Crippen molar-refractivity contribution < 1.29 is 19.1 Å². The lowest BCUT2D eigenvalue weighted by molar-refractivity contribution is -0.166. The zero-order chi connectivity index (χ0) is 24.5. The molecule has 0 aliphatic heterocycles. The Bertz CT molecular complexity index is 1200. The van der Waals surface area contributed by atoms with Gasteiger partial charge in [0.25, 0.3) is 0 Å². The Morgan fingerprint density at radius 1 is 1.00 bits per heavy atom. The van der Waals surface area contributed by atoms with Gasteiger partial charge in [-0.1, -0.05) is 56.3 Å². The Morgan fingerprint density at radius 3 is 2.41 bits per heavy atom. The summed E-state index contributed by atoms with van der Waals surface area (Å²) in [6, 6.07) is 17.0. The third-order valence-corrected chi connectivity index (χ3v) is 7.42. The second-order valence-electron chi connectivity index (χ2n) is 10.3. The molecular formula is C30H36O4. The largest absolute Gasteiger partial charge is 0.462 e. The summed E-state index contributed by atoms with van der Waals surface area (Å²) in [7, 11) is 0. The maximum absolute atomic E-state index is 13.0. The third-order valence-electron chi connectivity index (χ3n) is 7.42. The lowest BCUT2D eigenvalue weighted by atomic mass is 9.87. The van der Waals surface area contributed by atoms with E-state index in [0.29, 0.717) is 25.7 Å². The van der Waals surface area contributed by atoms with Gasteiger partial charge in [0.2, 0.25) is 0 Å². The maximum Gasteiger partial charge on any atom is 0.309 e. The van der Waals surface area contributed by atoms with E-state index >= 15 is 0 Å². The zero-order valence-electron chi connectivity index (χ0n) is 21.0. The first-order valence-electron chi connectivity index (χ1n) is 12.6. The smallest absolute Gasteiger partial charge is 0.309 e. The average molecular weight is 461 g/mol. The van der Waals surface area contributed by atoms with E-state index in [0.717, 1.165) is 17.4 Å². The average Bonchev–Trinajstić information content (AvgIpc) is 2.83. The van der Waals surface area contributed by atoms with Crippen LogP contribution in [0.15, 0.2) is 48.5 Å². The molecule has 3 aromatic carbocycles. The van der Waals surface area contributed by atoms with E-state index in [2.05, 4.69) is 55.5 Å². The van der Waals surface area contributed by atoms with Crippen molar-refractivity contribution in [3.8, 4) is 0 Å². The van der Waals surface area contributed by atoms with E-state index in [-0.39, 0.29) is 29.9 Å². The Labute approximate surface area is 202 Å². The molecule has 1 saturated carbocycles. The number of carbonyl (C=O) groups excluding carboxylic acids is 2. The van der Waals surface area contributed by atoms with E-state index < -0.39 is 5.60 Å². The molecule has 0 amide bonds. The van der Waals surface area contributed by atoms with Gasteiger partial charge in [-0.05, 0) is 91.6 Å². The van der Waals surface area contributed by atoms with Gasteiger partial charge in [-0.25, -0.2) is 0 Å². The second kappa shape index (κ2) is 9.77. The normalized spacial score (nSPS) is 19.7. The quantitative estimate of drug-likeness (QED) is 0.288. The standard InChI is InChI=1S/C30H36O4/c1-6-19(2)28(31)33-25-15-12-22(13-16-25)29(32)34-30(4,5)24-14-17-26-23(18-24)11-10-21-9-7-8-20(3)27(21)26/h7-11,14,17-19,22,25H,6,12-13,15-16H2,1-5H3. The molecule has 0 aromatic heterocycles. The van der Waals surface area contributed by atoms with Crippen LogP contribution in [0, 0.1) is 18.8 Å². The van der Waals surface area contributed by atoms with Crippen molar-refractivity contribution in [3.05, 3.63) is 59.7 Å². The summed E-state index contributed by atoms with van der Waals surface area (Å²) < 4.78 is 11.7. The number of esters is 2. The van der Waals surface area contributed by atoms with E-state index in [1.54, 1.807) is 0 Å². The van der Waals surface area contributed by atoms with Crippen LogP contribution in [-0.2, 0) is 24.7 Å². The summed E-state index contributed by atoms with van der Waals surface area (Å²) in [6.45, 7) is 9.93. The predicted octanol–water partition coefficient (Wildman–Crippen LogP) is 7.23. The summed E-state index contributed by atoms with van der Waals surface area (Å²) in [6.07, 6.45) is 3.50. The lowest BCUT2D eigenvalue weighted by Crippen LogP contribution is -2.34. The number of ether oxygens (including phenoxy) is 2. The van der Waals surface area contributed by atoms with Gasteiger partial charge in [0.1, 0.15) is 11.7 Å². The molecule has 0 radical (unpaired) electrons. The Balaban J connectivity index is 1.43. The van der Waals surface area contributed by atoms with Crippen molar-refractivity contribution in [3.63, 3.8) is 0 Å². The molecule has 0 bridgehead atoms. The molecule has 180 valence electrons. The van der Waals surface area contributed by atoms with Crippen molar-refractivity contribution in [1.29, 1.82) is 0 Å². The van der Waals surface area contributed by atoms with Crippen LogP contribution in [0.2, 0.25) is 0 Å². The second-order valence-corrected chi connectivity index (χ2v) is 10.3. The molecule has 0 spiro atoms. The first-order chi connectivity index (χ1) is 16.2. The Kier molecular flexibility index (Phi) is 6.97. The third kappa shape index (κ3) is 4.96. The van der Waals surface area contributed by atoms with Crippen molar-refractivity contribution in [1.82, 2.24) is 0 Å². The number of hydrogen-bond donors (Lipinski definition) is 0. The Hall–Kier alpha value is -2.88. The van der Waals surface area contributed by atoms with Gasteiger partial charge in [-0.15, -0.1) is 0 Å². The van der Waals surface area contributed by atoms with Crippen LogP contribution in [0.3, 0.4) is 0 Å². The zero-order valence-corrected chi connectivity index (χ0v) is 21.0.